The van der Waals surface area contributed by atoms with Crippen molar-refractivity contribution in [2.45, 2.75) is 19.3 Å². The number of phenolic OH excluding ortho intramolecular Hbond substituents is 16. The minimum absolute atomic E-state index is 0.106. The molecule has 82 heavy (non-hydrogen) atoms. The van der Waals surface area contributed by atoms with Crippen LogP contribution in [0.2, 0.25) is 0 Å². The molecule has 3 aromatic heterocycles. The van der Waals surface area contributed by atoms with Crippen molar-refractivity contribution in [1.29, 1.82) is 0 Å². The average molecular weight is 1100 g/mol. The number of hydrogen-bond acceptors (Lipinski definition) is 21. The second-order valence-electron chi connectivity index (χ2n) is 20.6. The minimum atomic E-state index is -1.50. The van der Waals surface area contributed by atoms with Crippen molar-refractivity contribution in [3.8, 4) is 148 Å². The van der Waals surface area contributed by atoms with Crippen molar-refractivity contribution < 1.29 is 90.5 Å². The Kier molecular flexibility index (Phi) is 9.54. The van der Waals surface area contributed by atoms with E-state index in [2.05, 4.69) is 19.9 Å². The highest BCUT2D eigenvalue weighted by Gasteiger charge is 2.40. The van der Waals surface area contributed by atoms with Crippen LogP contribution in [0.3, 0.4) is 0 Å². The van der Waals surface area contributed by atoms with E-state index >= 15 is 0 Å². The summed E-state index contributed by atoms with van der Waals surface area (Å²) in [7, 11) is 1.37. The number of benzene rings is 10. The molecule has 14 rings (SSSR count). The van der Waals surface area contributed by atoms with Gasteiger partial charge < -0.3 is 90.5 Å². The second-order valence-corrected chi connectivity index (χ2v) is 20.6. The van der Waals surface area contributed by atoms with Gasteiger partial charge in [-0.1, -0.05) is 80.6 Å². The quantitative estimate of drug-likeness (QED) is 0.0337. The van der Waals surface area contributed by atoms with E-state index in [1.54, 1.807) is 12.1 Å². The summed E-state index contributed by atoms with van der Waals surface area (Å²) in [5.74, 6) is -21.0. The molecule has 0 atom stereocenters. The average Bonchev–Trinajstić information content (AvgIpc) is 1.28. The lowest BCUT2D eigenvalue weighted by Crippen LogP contribution is -2.14. The molecular weight excluding hydrogens is 1060 g/mol. The summed E-state index contributed by atoms with van der Waals surface area (Å²) >= 11 is 0. The molecule has 0 bridgehead atoms. The number of para-hydroxylation sites is 1. The molecule has 0 saturated heterocycles. The molecule has 16 N–H and O–H groups in total. The Bertz CT molecular complexity index is 5140. The first-order chi connectivity index (χ1) is 39.1. The highest BCUT2D eigenvalue weighted by molar-refractivity contribution is 6.42. The molecule has 1 aliphatic rings. The van der Waals surface area contributed by atoms with E-state index in [-0.39, 0.29) is 28.5 Å². The molecule has 0 amide bonds. The van der Waals surface area contributed by atoms with Gasteiger partial charge in [0, 0.05) is 59.6 Å². The van der Waals surface area contributed by atoms with E-state index in [4.69, 9.17) is 23.8 Å². The zero-order valence-electron chi connectivity index (χ0n) is 42.4. The molecule has 404 valence electrons. The van der Waals surface area contributed by atoms with E-state index in [0.717, 1.165) is 33.0 Å². The van der Waals surface area contributed by atoms with Gasteiger partial charge in [-0.2, -0.15) is 0 Å². The Balaban J connectivity index is 1.04. The molecule has 3 heterocycles. The molecule has 13 aromatic rings. The maximum absolute atomic E-state index is 12.5. The zero-order valence-corrected chi connectivity index (χ0v) is 42.4. The van der Waals surface area contributed by atoms with E-state index in [9.17, 15) is 81.7 Å². The van der Waals surface area contributed by atoms with Crippen LogP contribution in [0.4, 0.5) is 0 Å². The Labute approximate surface area is 457 Å². The molecular formula is C60H38BN3O18. The van der Waals surface area contributed by atoms with Crippen LogP contribution in [0.15, 0.2) is 93.8 Å². The number of fused-ring (bicyclic) bond motifs is 15. The molecule has 0 radical (unpaired) electrons. The maximum Gasteiger partial charge on any atom is 0.204 e. The van der Waals surface area contributed by atoms with Gasteiger partial charge in [-0.25, -0.2) is 15.0 Å². The van der Waals surface area contributed by atoms with Crippen molar-refractivity contribution >= 4 is 89.5 Å². The van der Waals surface area contributed by atoms with E-state index < -0.39 is 163 Å². The van der Waals surface area contributed by atoms with Gasteiger partial charge >= 0.3 is 0 Å². The zero-order chi connectivity index (χ0) is 57.8. The van der Waals surface area contributed by atoms with E-state index in [0.29, 0.717) is 22.3 Å². The van der Waals surface area contributed by atoms with Gasteiger partial charge in [-0.05, 0) is 45.9 Å². The number of aromatic hydroxyl groups is 16. The van der Waals surface area contributed by atoms with Crippen molar-refractivity contribution in [2.75, 3.05) is 0 Å². The van der Waals surface area contributed by atoms with Gasteiger partial charge in [0.25, 0.3) is 0 Å². The van der Waals surface area contributed by atoms with Crippen LogP contribution >= 0.6 is 0 Å². The Hall–Kier alpha value is -11.5. The fraction of sp³-hybridized carbons (Fsp3) is 0.0500. The van der Waals surface area contributed by atoms with E-state index in [1.165, 1.54) is 7.85 Å². The van der Waals surface area contributed by atoms with E-state index in [1.807, 2.05) is 66.7 Å². The van der Waals surface area contributed by atoms with Crippen molar-refractivity contribution in [3.63, 3.8) is 0 Å². The number of phenols is 16. The predicted octanol–water partition coefficient (Wildman–Crippen LogP) is 9.65. The summed E-state index contributed by atoms with van der Waals surface area (Å²) in [6.45, 7) is 4.22. The lowest BCUT2D eigenvalue weighted by Gasteiger charge is -2.21. The standard InChI is InChI=1S/C60H38BN3O18/c1-60(2)22-11-5-3-9-20(22)26-21(10-7-12-23(26)60)58-62-57(17-14-15-19-18-8-4-6-13-24(18)81-25(19)16-17)63-59(64-58)37-38(61)41(67)36-35-40(66)34(48(74)54(80)56(35)82-55(36)49(37)75)33-39(65)27-28(42(68)47(33)73)30-32(46(72)53(79)51(77)44(30)70)31-29(27)43(69)50(76)52(78)45(31)71/h3-16,65-80H,61H2,1-2H3. The largest absolute Gasteiger partial charge is 0.508 e. The Morgan fingerprint density at radius 2 is 0.805 bits per heavy atom. The van der Waals surface area contributed by atoms with Crippen molar-refractivity contribution in [3.05, 3.63) is 96.1 Å². The van der Waals surface area contributed by atoms with Crippen LogP contribution in [0.1, 0.15) is 25.0 Å². The fourth-order valence-electron chi connectivity index (χ4n) is 12.1. The third-order valence-corrected chi connectivity index (χ3v) is 16.0. The number of nitrogens with zero attached hydrogens (tertiary/aromatic N) is 3. The number of rotatable bonds is 4. The second kappa shape index (κ2) is 16.0. The minimum Gasteiger partial charge on any atom is -0.508 e. The summed E-state index contributed by atoms with van der Waals surface area (Å²) in [6, 6.07) is 26.6. The van der Waals surface area contributed by atoms with Crippen LogP contribution in [0.5, 0.6) is 92.0 Å². The van der Waals surface area contributed by atoms with Crippen LogP contribution < -0.4 is 5.46 Å². The molecule has 0 fully saturated rings. The first-order valence-corrected chi connectivity index (χ1v) is 24.9. The summed E-state index contributed by atoms with van der Waals surface area (Å²) in [5.41, 5.74) is 1.46. The van der Waals surface area contributed by atoms with Gasteiger partial charge in [-0.3, -0.25) is 0 Å². The first-order valence-electron chi connectivity index (χ1n) is 24.9. The lowest BCUT2D eigenvalue weighted by molar-refractivity contribution is 0.349. The SMILES string of the molecule is Bc1c(-c2nc(-c3ccc4c(c3)oc3ccccc34)nc(-c3cccc4c3-c3ccccc3C4(C)C)n2)c(O)c2oc3c(O)c(O)c(-c4c(O)c(O)c5c6c(O)c(O)c(O)c(O)c6c6c(O)c(O)c(O)c(O)c6c5c4O)c(O)c3c2c1O. The fourth-order valence-corrected chi connectivity index (χ4v) is 12.1. The van der Waals surface area contributed by atoms with Crippen LogP contribution in [0.25, 0.3) is 133 Å². The summed E-state index contributed by atoms with van der Waals surface area (Å²) < 4.78 is 12.2. The molecule has 0 unspecified atom stereocenters. The van der Waals surface area contributed by atoms with Crippen LogP contribution in [-0.2, 0) is 5.41 Å². The molecule has 0 saturated carbocycles. The third kappa shape index (κ3) is 5.92. The molecule has 21 nitrogen and oxygen atoms in total. The normalized spacial score (nSPS) is 13.0. The summed E-state index contributed by atoms with van der Waals surface area (Å²) in [6.07, 6.45) is 0. The molecule has 0 spiro atoms. The topological polar surface area (TPSA) is 389 Å². The molecule has 1 aliphatic carbocycles. The van der Waals surface area contributed by atoms with Crippen LogP contribution in [-0.4, -0.2) is 105 Å². The Morgan fingerprint density at radius 3 is 1.44 bits per heavy atom. The van der Waals surface area contributed by atoms with Crippen LogP contribution in [0, 0.1) is 0 Å². The lowest BCUT2D eigenvalue weighted by atomic mass is 9.82. The van der Waals surface area contributed by atoms with Gasteiger partial charge in [0.15, 0.2) is 74.6 Å². The predicted molar refractivity (Wildman–Crippen MR) is 301 cm³/mol. The highest BCUT2D eigenvalue weighted by Crippen LogP contribution is 2.66. The Morgan fingerprint density at radius 1 is 0.341 bits per heavy atom. The monoisotopic (exact) mass is 1100 g/mol. The van der Waals surface area contributed by atoms with Crippen molar-refractivity contribution in [2.24, 2.45) is 0 Å². The van der Waals surface area contributed by atoms with Gasteiger partial charge in [0.05, 0.1) is 27.5 Å². The summed E-state index contributed by atoms with van der Waals surface area (Å²) in [5, 5.41) is 179. The summed E-state index contributed by atoms with van der Waals surface area (Å²) in [4.78, 5) is 14.9. The molecule has 0 aliphatic heterocycles. The maximum atomic E-state index is 12.5. The number of furan rings is 2. The van der Waals surface area contributed by atoms with Gasteiger partial charge in [0.1, 0.15) is 36.3 Å². The number of hydrogen-bond donors (Lipinski definition) is 16. The first kappa shape index (κ1) is 48.8. The number of aromatic nitrogens is 3. The van der Waals surface area contributed by atoms with Crippen molar-refractivity contribution in [1.82, 2.24) is 15.0 Å². The highest BCUT2D eigenvalue weighted by atomic mass is 16.4. The van der Waals surface area contributed by atoms with Gasteiger partial charge in [-0.15, -0.1) is 0 Å². The third-order valence-electron chi connectivity index (χ3n) is 16.0. The van der Waals surface area contributed by atoms with Gasteiger partial charge in [0.2, 0.25) is 28.7 Å². The smallest absolute Gasteiger partial charge is 0.204 e. The molecule has 22 heteroatoms. The molecule has 10 aromatic carbocycles.